The summed E-state index contributed by atoms with van der Waals surface area (Å²) < 4.78 is 8.77. The van der Waals surface area contributed by atoms with Crippen molar-refractivity contribution >= 4 is 42.8 Å². The smallest absolute Gasteiger partial charge is 0.756 e. The van der Waals surface area contributed by atoms with Crippen LogP contribution in [0.5, 0.6) is 0 Å². The fourth-order valence-electron chi connectivity index (χ4n) is 0. The van der Waals surface area contributed by atoms with Gasteiger partial charge in [0.15, 0.2) is 0 Å². The second-order valence-electron chi connectivity index (χ2n) is 1.07. The molecule has 0 aromatic rings. The van der Waals surface area contributed by atoms with Gasteiger partial charge >= 0.3 is 52.6 Å². The van der Waals surface area contributed by atoms with Crippen molar-refractivity contribution in [1.82, 2.24) is 0 Å². The topological polar surface area (TPSA) is 161 Å². The molecule has 0 aromatic carbocycles. The van der Waals surface area contributed by atoms with Gasteiger partial charge in [-0.15, -0.1) is 0 Å². The molecule has 0 radical (unpaired) electrons. The third-order valence-corrected chi connectivity index (χ3v) is 0.167. The van der Waals surface area contributed by atoms with Crippen molar-refractivity contribution in [2.24, 2.45) is 0 Å². The van der Waals surface area contributed by atoms with Crippen molar-refractivity contribution in [1.29, 1.82) is 0 Å². The van der Waals surface area contributed by atoms with E-state index in [1.807, 2.05) is 0 Å². The van der Waals surface area contributed by atoms with Gasteiger partial charge in [-0.3, -0.25) is 4.57 Å². The Kier molecular flexibility index (Phi) is 19.7. The predicted molar refractivity (Wildman–Crippen MR) is 27.8 cm³/mol. The van der Waals surface area contributed by atoms with Crippen LogP contribution in [0.2, 0.25) is 0 Å². The van der Waals surface area contributed by atoms with Crippen LogP contribution in [0.4, 0.5) is 0 Å². The van der Waals surface area contributed by atoms with E-state index >= 15 is 0 Å². The van der Waals surface area contributed by atoms with E-state index in [9.17, 15) is 0 Å². The number of aliphatic carboxylic acids is 2. The Bertz CT molecular complexity index is 178. The van der Waals surface area contributed by atoms with Crippen LogP contribution < -0.4 is 44.7 Å². The van der Waals surface area contributed by atoms with Gasteiger partial charge < -0.3 is 34.5 Å². The van der Waals surface area contributed by atoms with E-state index in [0.717, 1.165) is 0 Å². The van der Waals surface area contributed by atoms with Gasteiger partial charge in [-0.25, -0.2) is 0 Å². The first kappa shape index (κ1) is 23.6. The molecule has 0 bridgehead atoms. The van der Waals surface area contributed by atoms with Crippen molar-refractivity contribution in [2.75, 3.05) is 0 Å². The average molecular weight is 232 g/mol. The van der Waals surface area contributed by atoms with Crippen molar-refractivity contribution in [3.05, 3.63) is 0 Å². The first-order chi connectivity index (χ1) is 4.64. The van der Waals surface area contributed by atoms with Crippen LogP contribution in [-0.2, 0) is 14.2 Å². The average Bonchev–Trinajstić information content (AvgIpc) is 1.59. The molecule has 0 spiro atoms. The maximum Gasteiger partial charge on any atom is 2.00 e. The molecular formula is C2H2MgNaO8P. The van der Waals surface area contributed by atoms with Crippen molar-refractivity contribution in [3.63, 3.8) is 0 Å². The summed E-state index contributed by atoms with van der Waals surface area (Å²) in [5.74, 6) is -4.37. The molecule has 0 atom stereocenters. The van der Waals surface area contributed by atoms with Crippen LogP contribution in [0.15, 0.2) is 0 Å². The zero-order valence-corrected chi connectivity index (χ0v) is 10.8. The summed E-state index contributed by atoms with van der Waals surface area (Å²) in [5, 5.41) is 17.9. The van der Waals surface area contributed by atoms with Crippen molar-refractivity contribution in [3.8, 4) is 0 Å². The Morgan fingerprint density at radius 1 is 1.08 bits per heavy atom. The molecule has 0 heterocycles. The van der Waals surface area contributed by atoms with Gasteiger partial charge in [-0.2, -0.15) is 0 Å². The van der Waals surface area contributed by atoms with Gasteiger partial charge in [-0.1, -0.05) is 0 Å². The number of carboxylic acid groups (broad SMARTS) is 2. The summed E-state index contributed by atoms with van der Waals surface area (Å²) in [4.78, 5) is 40.8. The second kappa shape index (κ2) is 10.9. The molecule has 0 amide bonds. The van der Waals surface area contributed by atoms with E-state index in [-0.39, 0.29) is 52.6 Å². The Hall–Kier alpha value is 0.816. The standard InChI is InChI=1S/C2H2O4.Mg.Na.H3O4P/c3-1(4)2(5)6;;;1-5(2,3)4/h(H,3,4)(H,5,6);;;(H3,1,2,3,4)/q;+2;+1;/p-3. The van der Waals surface area contributed by atoms with E-state index in [4.69, 9.17) is 39.0 Å². The number of hydrogen-bond donors (Lipinski definition) is 2. The molecule has 0 aliphatic carbocycles. The minimum absolute atomic E-state index is 0. The summed E-state index contributed by atoms with van der Waals surface area (Å²) >= 11 is 0. The molecular weight excluding hydrogens is 230 g/mol. The molecule has 0 aliphatic rings. The number of carbonyl (C=O) groups excluding carboxylic acids is 2. The van der Waals surface area contributed by atoms with Crippen LogP contribution in [0.1, 0.15) is 0 Å². The third kappa shape index (κ3) is 64.6. The fraction of sp³-hybridized carbons (Fsp3) is 0. The summed E-state index contributed by atoms with van der Waals surface area (Å²) in [6.45, 7) is 0. The largest absolute Gasteiger partial charge is 2.00 e. The van der Waals surface area contributed by atoms with Crippen molar-refractivity contribution < 1.29 is 68.6 Å². The first-order valence-electron chi connectivity index (χ1n) is 1.83. The number of hydrogen-bond acceptors (Lipinski definition) is 6. The number of carboxylic acids is 2. The van der Waals surface area contributed by atoms with E-state index < -0.39 is 19.8 Å². The van der Waals surface area contributed by atoms with Gasteiger partial charge in [0, 0.05) is 0 Å². The number of phosphoric acid groups is 1. The molecule has 2 N–H and O–H groups in total. The molecule has 0 saturated carbocycles. The van der Waals surface area contributed by atoms with Crippen molar-refractivity contribution in [2.45, 2.75) is 0 Å². The summed E-state index contributed by atoms with van der Waals surface area (Å²) in [6.07, 6.45) is 0. The molecule has 0 saturated heterocycles. The molecule has 0 aliphatic heterocycles. The summed E-state index contributed by atoms with van der Waals surface area (Å²) in [5.41, 5.74) is 0. The van der Waals surface area contributed by atoms with E-state index in [1.165, 1.54) is 0 Å². The molecule has 0 unspecified atom stereocenters. The Labute approximate surface area is 111 Å². The number of rotatable bonds is 0. The van der Waals surface area contributed by atoms with Gasteiger partial charge in [0.25, 0.3) is 7.82 Å². The Morgan fingerprint density at radius 3 is 1.15 bits per heavy atom. The van der Waals surface area contributed by atoms with Gasteiger partial charge in [0.2, 0.25) is 0 Å². The molecule has 0 aromatic heterocycles. The zero-order valence-electron chi connectivity index (χ0n) is 6.50. The minimum Gasteiger partial charge on any atom is -0.756 e. The fourth-order valence-corrected chi connectivity index (χ4v) is 0. The summed E-state index contributed by atoms with van der Waals surface area (Å²) in [7, 11) is -4.89. The van der Waals surface area contributed by atoms with E-state index in [0.29, 0.717) is 0 Å². The molecule has 0 fully saturated rings. The number of carbonyl (C=O) groups is 2. The monoisotopic (exact) mass is 232 g/mol. The van der Waals surface area contributed by atoms with Crippen LogP contribution in [0.25, 0.3) is 0 Å². The van der Waals surface area contributed by atoms with Crippen LogP contribution in [0.3, 0.4) is 0 Å². The van der Waals surface area contributed by atoms with E-state index in [2.05, 4.69) is 0 Å². The molecule has 8 nitrogen and oxygen atoms in total. The van der Waals surface area contributed by atoms with E-state index in [1.54, 1.807) is 0 Å². The third-order valence-electron chi connectivity index (χ3n) is 0.167. The molecule has 11 heteroatoms. The quantitative estimate of drug-likeness (QED) is 0.236. The van der Waals surface area contributed by atoms with Crippen LogP contribution >= 0.6 is 7.82 Å². The van der Waals surface area contributed by atoms with Gasteiger partial charge in [0.05, 0.1) is 11.9 Å². The first-order valence-corrected chi connectivity index (χ1v) is 3.36. The Morgan fingerprint density at radius 2 is 1.15 bits per heavy atom. The molecule has 13 heavy (non-hydrogen) atoms. The zero-order chi connectivity index (χ0) is 9.65. The van der Waals surface area contributed by atoms with Crippen LogP contribution in [-0.4, -0.2) is 44.8 Å². The predicted octanol–water partition coefficient (Wildman–Crippen LogP) is -8.45. The molecule has 66 valence electrons. The van der Waals surface area contributed by atoms with Gasteiger partial charge in [-0.05, 0) is 0 Å². The summed E-state index contributed by atoms with van der Waals surface area (Å²) in [6, 6.07) is 0. The maximum absolute atomic E-state index is 8.93. The van der Waals surface area contributed by atoms with Crippen LogP contribution in [0, 0.1) is 0 Å². The SMILES string of the molecule is O=C([O-])C(=O)[O-].O=P([O-])(O)O.[Mg+2].[Na+]. The minimum atomic E-state index is -4.89. The Balaban J connectivity index is -0.0000000546. The van der Waals surface area contributed by atoms with Gasteiger partial charge in [0.1, 0.15) is 0 Å². The maximum atomic E-state index is 8.93. The normalized spacial score (nSPS) is 7.92. The molecule has 0 rings (SSSR count). The second-order valence-corrected chi connectivity index (χ2v) is 2.05.